The van der Waals surface area contributed by atoms with E-state index in [2.05, 4.69) is 33.0 Å². The van der Waals surface area contributed by atoms with Gasteiger partial charge in [0, 0.05) is 12.3 Å². The first-order chi connectivity index (χ1) is 7.62. The van der Waals surface area contributed by atoms with Gasteiger partial charge in [-0.25, -0.2) is 8.42 Å². The topological polar surface area (TPSA) is 46.2 Å². The summed E-state index contributed by atoms with van der Waals surface area (Å²) in [6, 6.07) is 0.162. The molecule has 0 bridgehead atoms. The summed E-state index contributed by atoms with van der Waals surface area (Å²) in [6.07, 6.45) is 4.21. The second kappa shape index (κ2) is 5.27. The van der Waals surface area contributed by atoms with E-state index in [0.29, 0.717) is 5.92 Å². The Morgan fingerprint density at radius 3 is 2.35 bits per heavy atom. The molecule has 1 fully saturated rings. The van der Waals surface area contributed by atoms with Crippen molar-refractivity contribution in [3.63, 3.8) is 0 Å². The Balaban J connectivity index is 2.52. The van der Waals surface area contributed by atoms with Crippen LogP contribution in [0.15, 0.2) is 0 Å². The fourth-order valence-electron chi connectivity index (χ4n) is 2.31. The average molecular weight is 261 g/mol. The van der Waals surface area contributed by atoms with Crippen molar-refractivity contribution in [2.45, 2.75) is 58.2 Å². The van der Waals surface area contributed by atoms with Gasteiger partial charge in [-0.1, -0.05) is 34.1 Å². The van der Waals surface area contributed by atoms with Crippen LogP contribution in [0.25, 0.3) is 0 Å². The molecule has 3 unspecified atom stereocenters. The van der Waals surface area contributed by atoms with Crippen molar-refractivity contribution in [3.8, 4) is 0 Å². The Bertz CT molecular complexity index is 343. The lowest BCUT2D eigenvalue weighted by molar-refractivity contribution is 0.245. The smallest absolute Gasteiger partial charge is 0.151 e. The van der Waals surface area contributed by atoms with E-state index >= 15 is 0 Å². The molecular weight excluding hydrogens is 234 g/mol. The summed E-state index contributed by atoms with van der Waals surface area (Å²) in [5, 5.41) is 3.29. The van der Waals surface area contributed by atoms with Gasteiger partial charge < -0.3 is 5.32 Å². The first-order valence-electron chi connectivity index (χ1n) is 6.54. The predicted octanol–water partition coefficient (Wildman–Crippen LogP) is 2.22. The summed E-state index contributed by atoms with van der Waals surface area (Å²) < 4.78 is 23.3. The monoisotopic (exact) mass is 261 g/mol. The van der Waals surface area contributed by atoms with E-state index in [1.54, 1.807) is 0 Å². The molecule has 1 saturated carbocycles. The van der Waals surface area contributed by atoms with Crippen LogP contribution >= 0.6 is 0 Å². The van der Waals surface area contributed by atoms with Crippen LogP contribution in [0.5, 0.6) is 0 Å². The Labute approximate surface area is 106 Å². The molecule has 0 amide bonds. The summed E-state index contributed by atoms with van der Waals surface area (Å²) >= 11 is 0. The molecule has 0 aromatic heterocycles. The van der Waals surface area contributed by atoms with Gasteiger partial charge in [0.25, 0.3) is 0 Å². The van der Waals surface area contributed by atoms with Crippen LogP contribution in [0.4, 0.5) is 0 Å². The molecule has 17 heavy (non-hydrogen) atoms. The van der Waals surface area contributed by atoms with E-state index in [1.807, 2.05) is 0 Å². The molecule has 3 nitrogen and oxygen atoms in total. The number of hydrogen-bond acceptors (Lipinski definition) is 3. The van der Waals surface area contributed by atoms with Crippen LogP contribution in [0.2, 0.25) is 0 Å². The minimum atomic E-state index is -2.90. The number of rotatable bonds is 4. The molecule has 102 valence electrons. The highest BCUT2D eigenvalue weighted by molar-refractivity contribution is 7.91. The van der Waals surface area contributed by atoms with Crippen molar-refractivity contribution in [1.82, 2.24) is 5.32 Å². The van der Waals surface area contributed by atoms with Gasteiger partial charge in [0.15, 0.2) is 9.84 Å². The highest BCUT2D eigenvalue weighted by Crippen LogP contribution is 2.28. The lowest BCUT2D eigenvalue weighted by atomic mass is 9.82. The standard InChI is InChI=1S/C13H27NO2S/c1-10(13(2,3)4)9-14-11-7-6-8-12(11)17(5,15)16/h10-12,14H,6-9H2,1-5H3. The third-order valence-corrected chi connectivity index (χ3v) is 5.83. The summed E-state index contributed by atoms with van der Waals surface area (Å²) in [6.45, 7) is 9.80. The van der Waals surface area contributed by atoms with E-state index in [0.717, 1.165) is 25.8 Å². The Hall–Kier alpha value is -0.0900. The number of hydrogen-bond donors (Lipinski definition) is 1. The van der Waals surface area contributed by atoms with E-state index < -0.39 is 9.84 Å². The van der Waals surface area contributed by atoms with Crippen LogP contribution in [0.1, 0.15) is 47.0 Å². The maximum absolute atomic E-state index is 11.6. The predicted molar refractivity (Wildman–Crippen MR) is 72.9 cm³/mol. The molecule has 0 heterocycles. The zero-order chi connectivity index (χ0) is 13.3. The Morgan fingerprint density at radius 1 is 1.29 bits per heavy atom. The van der Waals surface area contributed by atoms with Gasteiger partial charge in [0.05, 0.1) is 5.25 Å². The van der Waals surface area contributed by atoms with Crippen LogP contribution in [0.3, 0.4) is 0 Å². The van der Waals surface area contributed by atoms with Gasteiger partial charge in [-0.3, -0.25) is 0 Å². The molecule has 1 aliphatic rings. The minimum absolute atomic E-state index is 0.162. The maximum Gasteiger partial charge on any atom is 0.151 e. The Kier molecular flexibility index (Phi) is 4.64. The SMILES string of the molecule is CC(CNC1CCCC1S(C)(=O)=O)C(C)(C)C. The van der Waals surface area contributed by atoms with Crippen molar-refractivity contribution >= 4 is 9.84 Å². The van der Waals surface area contributed by atoms with Gasteiger partial charge in [0.2, 0.25) is 0 Å². The van der Waals surface area contributed by atoms with Crippen molar-refractivity contribution < 1.29 is 8.42 Å². The highest BCUT2D eigenvalue weighted by Gasteiger charge is 2.35. The third kappa shape index (κ3) is 4.25. The van der Waals surface area contributed by atoms with Crippen molar-refractivity contribution in [2.24, 2.45) is 11.3 Å². The quantitative estimate of drug-likeness (QED) is 0.844. The number of nitrogens with one attached hydrogen (secondary N) is 1. The zero-order valence-corrected chi connectivity index (χ0v) is 12.6. The first kappa shape index (κ1) is 15.0. The normalized spacial score (nSPS) is 28.3. The Morgan fingerprint density at radius 2 is 1.88 bits per heavy atom. The molecule has 3 atom stereocenters. The van der Waals surface area contributed by atoms with Crippen molar-refractivity contribution in [1.29, 1.82) is 0 Å². The largest absolute Gasteiger partial charge is 0.312 e. The van der Waals surface area contributed by atoms with Gasteiger partial charge in [-0.2, -0.15) is 0 Å². The average Bonchev–Trinajstić information content (AvgIpc) is 2.59. The first-order valence-corrected chi connectivity index (χ1v) is 8.50. The second-order valence-electron chi connectivity index (χ2n) is 6.58. The van der Waals surface area contributed by atoms with E-state index in [-0.39, 0.29) is 16.7 Å². The third-order valence-electron chi connectivity index (χ3n) is 4.17. The van der Waals surface area contributed by atoms with Crippen molar-refractivity contribution in [3.05, 3.63) is 0 Å². The van der Waals surface area contributed by atoms with Crippen LogP contribution in [-0.4, -0.2) is 32.5 Å². The molecule has 1 N–H and O–H groups in total. The van der Waals surface area contributed by atoms with Gasteiger partial charge in [-0.05, 0) is 30.7 Å². The molecule has 0 saturated heterocycles. The summed E-state index contributed by atoms with van der Waals surface area (Å²) in [5.74, 6) is 0.545. The van der Waals surface area contributed by atoms with Crippen molar-refractivity contribution in [2.75, 3.05) is 12.8 Å². The molecule has 4 heteroatoms. The zero-order valence-electron chi connectivity index (χ0n) is 11.8. The van der Waals surface area contributed by atoms with Gasteiger partial charge >= 0.3 is 0 Å². The fraction of sp³-hybridized carbons (Fsp3) is 1.00. The van der Waals surface area contributed by atoms with Crippen LogP contribution in [0, 0.1) is 11.3 Å². The summed E-state index contributed by atoms with van der Waals surface area (Å²) in [4.78, 5) is 0. The molecule has 1 aliphatic carbocycles. The lowest BCUT2D eigenvalue weighted by Gasteiger charge is -2.30. The molecule has 0 aromatic rings. The maximum atomic E-state index is 11.6. The van der Waals surface area contributed by atoms with Crippen LogP contribution in [-0.2, 0) is 9.84 Å². The fourth-order valence-corrected chi connectivity index (χ4v) is 3.73. The van der Waals surface area contributed by atoms with E-state index in [1.165, 1.54) is 6.26 Å². The highest BCUT2D eigenvalue weighted by atomic mass is 32.2. The molecule has 0 aromatic carbocycles. The molecule has 0 aliphatic heterocycles. The van der Waals surface area contributed by atoms with E-state index in [9.17, 15) is 8.42 Å². The van der Waals surface area contributed by atoms with E-state index in [4.69, 9.17) is 0 Å². The molecule has 0 spiro atoms. The lowest BCUT2D eigenvalue weighted by Crippen LogP contribution is -2.43. The van der Waals surface area contributed by atoms with Gasteiger partial charge in [0.1, 0.15) is 0 Å². The number of sulfone groups is 1. The second-order valence-corrected chi connectivity index (χ2v) is 8.85. The van der Waals surface area contributed by atoms with Gasteiger partial charge in [-0.15, -0.1) is 0 Å². The molecule has 1 rings (SSSR count). The van der Waals surface area contributed by atoms with Crippen LogP contribution < -0.4 is 5.32 Å². The summed E-state index contributed by atoms with van der Waals surface area (Å²) in [5.41, 5.74) is 0.270. The summed E-state index contributed by atoms with van der Waals surface area (Å²) in [7, 11) is -2.90. The minimum Gasteiger partial charge on any atom is -0.312 e. The molecule has 0 radical (unpaired) electrons. The molecular formula is C13H27NO2S.